The lowest BCUT2D eigenvalue weighted by Crippen LogP contribution is -2.18. The van der Waals surface area contributed by atoms with Crippen LogP contribution < -0.4 is 4.72 Å². The largest absolute Gasteiger partial charge is 0.592 e. The summed E-state index contributed by atoms with van der Waals surface area (Å²) >= 11 is -1.30. The minimum absolute atomic E-state index is 0.161. The molecule has 1 aromatic carbocycles. The maximum atomic E-state index is 11.6. The zero-order valence-electron chi connectivity index (χ0n) is 9.80. The van der Waals surface area contributed by atoms with Gasteiger partial charge in [-0.15, -0.1) is 0 Å². The molecule has 0 fully saturated rings. The van der Waals surface area contributed by atoms with Gasteiger partial charge in [0.25, 0.3) is 0 Å². The summed E-state index contributed by atoms with van der Waals surface area (Å²) < 4.78 is 40.2. The van der Waals surface area contributed by atoms with Crippen molar-refractivity contribution in [2.45, 2.75) is 11.8 Å². The molecule has 1 rings (SSSR count). The van der Waals surface area contributed by atoms with E-state index >= 15 is 0 Å². The van der Waals surface area contributed by atoms with E-state index in [9.17, 15) is 13.0 Å². The smallest absolute Gasteiger partial charge is 0.240 e. The molecule has 0 aliphatic heterocycles. The normalized spacial score (nSPS) is 14.7. The highest BCUT2D eigenvalue weighted by molar-refractivity contribution is 7.89. The van der Waals surface area contributed by atoms with Gasteiger partial charge in [0.1, 0.15) is 6.26 Å². The van der Waals surface area contributed by atoms with Crippen LogP contribution in [0, 0.1) is 0 Å². The van der Waals surface area contributed by atoms with Crippen molar-refractivity contribution in [2.75, 3.05) is 13.3 Å². The van der Waals surface area contributed by atoms with E-state index in [1.54, 1.807) is 19.1 Å². The first-order valence-corrected chi connectivity index (χ1v) is 7.79. The average molecular weight is 274 g/mol. The third-order valence-electron chi connectivity index (χ3n) is 2.10. The summed E-state index contributed by atoms with van der Waals surface area (Å²) in [5.41, 5.74) is 1.18. The third kappa shape index (κ3) is 3.81. The molecule has 1 unspecified atom stereocenters. The van der Waals surface area contributed by atoms with Crippen molar-refractivity contribution in [3.05, 3.63) is 29.8 Å². The van der Waals surface area contributed by atoms with Crippen molar-refractivity contribution >= 4 is 27.1 Å². The first-order chi connectivity index (χ1) is 7.86. The van der Waals surface area contributed by atoms with Gasteiger partial charge in [0, 0.05) is 5.56 Å². The minimum atomic E-state index is -3.46. The maximum Gasteiger partial charge on any atom is 0.240 e. The summed E-state index contributed by atoms with van der Waals surface area (Å²) in [5.74, 6) is 0. The van der Waals surface area contributed by atoms with E-state index in [2.05, 4.69) is 9.12 Å². The van der Waals surface area contributed by atoms with E-state index in [4.69, 9.17) is 0 Å². The Bertz CT molecular complexity index is 524. The van der Waals surface area contributed by atoms with E-state index in [0.717, 1.165) is 0 Å². The van der Waals surface area contributed by atoms with E-state index in [-0.39, 0.29) is 4.90 Å². The van der Waals surface area contributed by atoms with Crippen LogP contribution in [-0.4, -0.2) is 32.0 Å². The minimum Gasteiger partial charge on any atom is -0.592 e. The number of sulfonamides is 1. The second-order valence-electron chi connectivity index (χ2n) is 3.34. The van der Waals surface area contributed by atoms with Crippen LogP contribution in [0.25, 0.3) is 0 Å². The molecule has 1 aromatic rings. The first kappa shape index (κ1) is 14.2. The van der Waals surface area contributed by atoms with Gasteiger partial charge in [-0.1, -0.05) is 16.5 Å². The molecule has 0 bridgehead atoms. The van der Waals surface area contributed by atoms with Crippen LogP contribution in [0.15, 0.2) is 33.6 Å². The number of nitrogens with one attached hydrogen (secondary N) is 1. The first-order valence-electron chi connectivity index (χ1n) is 4.79. The second-order valence-corrected chi connectivity index (χ2v) is 6.25. The lowest BCUT2D eigenvalue weighted by Gasteiger charge is -2.05. The number of hydrogen-bond acceptors (Lipinski definition) is 4. The van der Waals surface area contributed by atoms with Crippen molar-refractivity contribution in [1.82, 2.24) is 4.72 Å². The Morgan fingerprint density at radius 2 is 2.12 bits per heavy atom. The molecule has 0 spiro atoms. The van der Waals surface area contributed by atoms with Crippen molar-refractivity contribution in [2.24, 2.45) is 4.40 Å². The van der Waals surface area contributed by atoms with Crippen molar-refractivity contribution in [3.8, 4) is 0 Å². The molecule has 1 N–H and O–H groups in total. The molecule has 0 saturated heterocycles. The zero-order chi connectivity index (χ0) is 13.1. The van der Waals surface area contributed by atoms with Gasteiger partial charge in [0.05, 0.1) is 22.0 Å². The van der Waals surface area contributed by atoms with Crippen molar-refractivity contribution in [1.29, 1.82) is 0 Å². The highest BCUT2D eigenvalue weighted by Crippen LogP contribution is 2.12. The Hall–Kier alpha value is -0.890. The Balaban J connectivity index is 3.19. The number of hydrogen-bond donors (Lipinski definition) is 1. The molecular weight excluding hydrogens is 260 g/mol. The summed E-state index contributed by atoms with van der Waals surface area (Å²) in [7, 11) is -2.11. The van der Waals surface area contributed by atoms with Gasteiger partial charge in [0.15, 0.2) is 0 Å². The molecule has 7 heteroatoms. The maximum absolute atomic E-state index is 11.6. The molecule has 0 aliphatic rings. The van der Waals surface area contributed by atoms with Gasteiger partial charge in [0.2, 0.25) is 10.0 Å². The van der Waals surface area contributed by atoms with E-state index in [1.165, 1.54) is 25.4 Å². The monoisotopic (exact) mass is 274 g/mol. The fourth-order valence-corrected chi connectivity index (χ4v) is 2.52. The summed E-state index contributed by atoms with van der Waals surface area (Å²) in [6.45, 7) is 1.69. The van der Waals surface area contributed by atoms with Crippen molar-refractivity contribution < 1.29 is 13.0 Å². The Morgan fingerprint density at radius 3 is 2.65 bits per heavy atom. The molecule has 0 heterocycles. The second kappa shape index (κ2) is 5.63. The van der Waals surface area contributed by atoms with Crippen LogP contribution in [0.4, 0.5) is 0 Å². The third-order valence-corrected chi connectivity index (χ3v) is 4.04. The molecule has 0 amide bonds. The molecule has 17 heavy (non-hydrogen) atoms. The average Bonchev–Trinajstić information content (AvgIpc) is 2.28. The van der Waals surface area contributed by atoms with Crippen LogP contribution >= 0.6 is 0 Å². The highest BCUT2D eigenvalue weighted by atomic mass is 32.2. The number of benzene rings is 1. The predicted octanol–water partition coefficient (Wildman–Crippen LogP) is 0.697. The Kier molecular flexibility index (Phi) is 4.70. The molecule has 0 saturated carbocycles. The van der Waals surface area contributed by atoms with Crippen LogP contribution in [0.1, 0.15) is 12.5 Å². The summed E-state index contributed by atoms with van der Waals surface area (Å²) in [6.07, 6.45) is 1.46. The van der Waals surface area contributed by atoms with Crippen LogP contribution in [0.3, 0.4) is 0 Å². The fraction of sp³-hybridized carbons (Fsp3) is 0.300. The van der Waals surface area contributed by atoms with Gasteiger partial charge in [-0.05, 0) is 26.1 Å². The van der Waals surface area contributed by atoms with Gasteiger partial charge < -0.3 is 4.55 Å². The molecule has 5 nitrogen and oxygen atoms in total. The van der Waals surface area contributed by atoms with Crippen molar-refractivity contribution in [3.63, 3.8) is 0 Å². The van der Waals surface area contributed by atoms with E-state index in [0.29, 0.717) is 11.3 Å². The van der Waals surface area contributed by atoms with Crippen LogP contribution in [0.2, 0.25) is 0 Å². The van der Waals surface area contributed by atoms with Crippen LogP contribution in [0.5, 0.6) is 0 Å². The summed E-state index contributed by atoms with van der Waals surface area (Å²) in [6, 6.07) is 6.33. The quantitative estimate of drug-likeness (QED) is 0.648. The van der Waals surface area contributed by atoms with Gasteiger partial charge in [-0.25, -0.2) is 13.1 Å². The Labute approximate surface area is 104 Å². The van der Waals surface area contributed by atoms with Crippen LogP contribution in [-0.2, 0) is 21.4 Å². The molecule has 0 aromatic heterocycles. The molecule has 1 atom stereocenters. The number of rotatable bonds is 4. The zero-order valence-corrected chi connectivity index (χ0v) is 11.4. The topological polar surface area (TPSA) is 81.6 Å². The molecular formula is C10H14N2O3S2. The molecule has 0 aliphatic carbocycles. The Morgan fingerprint density at radius 1 is 1.47 bits per heavy atom. The standard InChI is InChI=1S/C10H14N2O3S2/c1-8(12-16(3)13)9-5-4-6-10(7-9)17(14,15)11-2/h4-7,11H,1-3H3. The molecule has 0 radical (unpaired) electrons. The predicted molar refractivity (Wildman–Crippen MR) is 69.0 cm³/mol. The SMILES string of the molecule is CNS(=O)(=O)c1cccc(C(C)=N[S+](C)[O-])c1. The molecule has 94 valence electrons. The number of nitrogens with zero attached hydrogens (tertiary/aromatic N) is 1. The lowest BCUT2D eigenvalue weighted by molar-refractivity contribution is 0.588. The lowest BCUT2D eigenvalue weighted by atomic mass is 10.1. The van der Waals surface area contributed by atoms with E-state index < -0.39 is 21.4 Å². The van der Waals surface area contributed by atoms with Gasteiger partial charge in [-0.2, -0.15) is 0 Å². The van der Waals surface area contributed by atoms with Gasteiger partial charge >= 0.3 is 0 Å². The summed E-state index contributed by atoms with van der Waals surface area (Å²) in [4.78, 5) is 0.161. The summed E-state index contributed by atoms with van der Waals surface area (Å²) in [5, 5.41) is 0. The van der Waals surface area contributed by atoms with Gasteiger partial charge in [-0.3, -0.25) is 0 Å². The highest BCUT2D eigenvalue weighted by Gasteiger charge is 2.12. The fourth-order valence-electron chi connectivity index (χ4n) is 1.25. The van der Waals surface area contributed by atoms with E-state index in [1.807, 2.05) is 0 Å².